The lowest BCUT2D eigenvalue weighted by atomic mass is 9.78. The second kappa shape index (κ2) is 6.25. The molecule has 3 heteroatoms. The number of hydrogen-bond donors (Lipinski definition) is 1. The van der Waals surface area contributed by atoms with E-state index in [9.17, 15) is 4.79 Å². The van der Waals surface area contributed by atoms with Crippen molar-refractivity contribution in [1.82, 2.24) is 10.2 Å². The summed E-state index contributed by atoms with van der Waals surface area (Å²) in [6.07, 6.45) is 8.14. The van der Waals surface area contributed by atoms with Gasteiger partial charge in [0.1, 0.15) is 0 Å². The van der Waals surface area contributed by atoms with Crippen LogP contribution >= 0.6 is 0 Å². The molecule has 1 saturated heterocycles. The Morgan fingerprint density at radius 1 is 1.16 bits per heavy atom. The van der Waals surface area contributed by atoms with Gasteiger partial charge in [-0.25, -0.2) is 0 Å². The van der Waals surface area contributed by atoms with Crippen LogP contribution in [0.3, 0.4) is 0 Å². The smallest absolute Gasteiger partial charge is 0.224 e. The Morgan fingerprint density at radius 3 is 2.26 bits per heavy atom. The highest BCUT2D eigenvalue weighted by Gasteiger charge is 2.35. The third kappa shape index (κ3) is 3.71. The monoisotopic (exact) mass is 266 g/mol. The number of carbonyl (C=O) groups excluding carboxylic acids is 1. The minimum Gasteiger partial charge on any atom is -0.342 e. The Labute approximate surface area is 118 Å². The summed E-state index contributed by atoms with van der Waals surface area (Å²) in [4.78, 5) is 14.7. The first kappa shape index (κ1) is 14.8. The van der Waals surface area contributed by atoms with Crippen molar-refractivity contribution in [3.05, 3.63) is 0 Å². The van der Waals surface area contributed by atoms with Crippen LogP contribution in [-0.2, 0) is 4.79 Å². The molecule has 0 aromatic rings. The highest BCUT2D eigenvalue weighted by atomic mass is 16.2. The van der Waals surface area contributed by atoms with E-state index in [0.717, 1.165) is 25.9 Å². The van der Waals surface area contributed by atoms with Gasteiger partial charge >= 0.3 is 0 Å². The number of piperidine rings is 1. The summed E-state index contributed by atoms with van der Waals surface area (Å²) in [6, 6.07) is 0. The predicted molar refractivity (Wildman–Crippen MR) is 79.0 cm³/mol. The Morgan fingerprint density at radius 2 is 1.74 bits per heavy atom. The molecule has 1 aliphatic carbocycles. The summed E-state index contributed by atoms with van der Waals surface area (Å²) >= 11 is 0. The highest BCUT2D eigenvalue weighted by molar-refractivity contribution is 5.77. The molecule has 1 amide bonds. The maximum absolute atomic E-state index is 12.6. The summed E-state index contributed by atoms with van der Waals surface area (Å²) in [7, 11) is 2.03. The Balaban J connectivity index is 1.95. The van der Waals surface area contributed by atoms with Crippen LogP contribution in [0.25, 0.3) is 0 Å². The van der Waals surface area contributed by atoms with E-state index in [1.54, 1.807) is 0 Å². The predicted octanol–water partition coefficient (Wildman–Crippen LogP) is 2.80. The lowest BCUT2D eigenvalue weighted by Crippen LogP contribution is -2.51. The van der Waals surface area contributed by atoms with Gasteiger partial charge in [-0.3, -0.25) is 4.79 Å². The molecule has 2 rings (SSSR count). The first-order valence-electron chi connectivity index (χ1n) is 8.01. The average Bonchev–Trinajstić information content (AvgIpc) is 2.38. The fourth-order valence-corrected chi connectivity index (χ4v) is 4.01. The van der Waals surface area contributed by atoms with Gasteiger partial charge in [-0.05, 0) is 38.1 Å². The van der Waals surface area contributed by atoms with Crippen LogP contribution in [0.4, 0.5) is 0 Å². The summed E-state index contributed by atoms with van der Waals surface area (Å²) in [5.41, 5.74) is 0.0826. The molecule has 1 heterocycles. The highest BCUT2D eigenvalue weighted by Crippen LogP contribution is 2.32. The van der Waals surface area contributed by atoms with Crippen LogP contribution in [0.2, 0.25) is 0 Å². The van der Waals surface area contributed by atoms with Crippen LogP contribution in [0.1, 0.15) is 58.8 Å². The molecule has 2 atom stereocenters. The van der Waals surface area contributed by atoms with Crippen molar-refractivity contribution in [2.75, 3.05) is 20.1 Å². The van der Waals surface area contributed by atoms with Crippen molar-refractivity contribution >= 4 is 5.91 Å². The topological polar surface area (TPSA) is 32.3 Å². The normalized spacial score (nSPS) is 31.2. The van der Waals surface area contributed by atoms with Crippen molar-refractivity contribution in [1.29, 1.82) is 0 Å². The van der Waals surface area contributed by atoms with Gasteiger partial charge in [-0.2, -0.15) is 0 Å². The van der Waals surface area contributed by atoms with Gasteiger partial charge in [0.15, 0.2) is 0 Å². The molecule has 0 aromatic heterocycles. The van der Waals surface area contributed by atoms with Gasteiger partial charge in [-0.1, -0.05) is 33.1 Å². The first-order valence-corrected chi connectivity index (χ1v) is 8.01. The number of nitrogens with one attached hydrogen (secondary N) is 1. The Hall–Kier alpha value is -0.570. The van der Waals surface area contributed by atoms with Crippen molar-refractivity contribution < 1.29 is 4.79 Å². The minimum absolute atomic E-state index is 0.0826. The molecule has 19 heavy (non-hydrogen) atoms. The average molecular weight is 266 g/mol. The molecule has 0 spiro atoms. The number of rotatable bonds is 3. The fourth-order valence-electron chi connectivity index (χ4n) is 4.01. The zero-order valence-electron chi connectivity index (χ0n) is 12.9. The molecule has 110 valence electrons. The molecule has 0 aromatic carbocycles. The second-order valence-electron chi connectivity index (χ2n) is 7.01. The van der Waals surface area contributed by atoms with Crippen molar-refractivity contribution in [3.63, 3.8) is 0 Å². The van der Waals surface area contributed by atoms with Crippen LogP contribution in [-0.4, -0.2) is 36.5 Å². The van der Waals surface area contributed by atoms with Crippen LogP contribution in [0.15, 0.2) is 0 Å². The van der Waals surface area contributed by atoms with Gasteiger partial charge in [0, 0.05) is 25.0 Å². The lowest BCUT2D eigenvalue weighted by Gasteiger charge is -2.40. The van der Waals surface area contributed by atoms with Crippen LogP contribution in [0.5, 0.6) is 0 Å². The molecule has 1 aliphatic heterocycles. The molecular weight excluding hydrogens is 236 g/mol. The molecular formula is C16H30N2O. The molecule has 2 fully saturated rings. The summed E-state index contributed by atoms with van der Waals surface area (Å²) in [6.45, 7) is 6.46. The van der Waals surface area contributed by atoms with Crippen molar-refractivity contribution in [3.8, 4) is 0 Å². The molecule has 3 nitrogen and oxygen atoms in total. The van der Waals surface area contributed by atoms with E-state index in [2.05, 4.69) is 24.1 Å². The van der Waals surface area contributed by atoms with E-state index >= 15 is 0 Å². The molecule has 1 N–H and O–H groups in total. The SMILES string of the molecule is CNC1(CC(=O)N2CC(C)CC(C)C2)CCCCC1. The third-order valence-electron chi connectivity index (χ3n) is 5.05. The van der Waals surface area contributed by atoms with E-state index in [-0.39, 0.29) is 5.54 Å². The molecule has 2 unspecified atom stereocenters. The number of amides is 1. The maximum Gasteiger partial charge on any atom is 0.224 e. The van der Waals surface area contributed by atoms with Gasteiger partial charge in [0.2, 0.25) is 5.91 Å². The van der Waals surface area contributed by atoms with Gasteiger partial charge in [0.05, 0.1) is 0 Å². The zero-order chi connectivity index (χ0) is 13.9. The van der Waals surface area contributed by atoms with Gasteiger partial charge in [-0.15, -0.1) is 0 Å². The molecule has 0 bridgehead atoms. The van der Waals surface area contributed by atoms with E-state index in [1.807, 2.05) is 7.05 Å². The van der Waals surface area contributed by atoms with Crippen molar-refractivity contribution in [2.24, 2.45) is 11.8 Å². The number of nitrogens with zero attached hydrogens (tertiary/aromatic N) is 1. The molecule has 0 radical (unpaired) electrons. The quantitative estimate of drug-likeness (QED) is 0.852. The van der Waals surface area contributed by atoms with Gasteiger partial charge < -0.3 is 10.2 Å². The van der Waals surface area contributed by atoms with E-state index in [4.69, 9.17) is 0 Å². The van der Waals surface area contributed by atoms with Crippen LogP contribution in [0, 0.1) is 11.8 Å². The van der Waals surface area contributed by atoms with E-state index in [1.165, 1.54) is 25.7 Å². The second-order valence-corrected chi connectivity index (χ2v) is 7.01. The third-order valence-corrected chi connectivity index (χ3v) is 5.05. The molecule has 1 saturated carbocycles. The lowest BCUT2D eigenvalue weighted by molar-refractivity contribution is -0.135. The van der Waals surface area contributed by atoms with Crippen molar-refractivity contribution in [2.45, 2.75) is 64.3 Å². The summed E-state index contributed by atoms with van der Waals surface area (Å²) in [5.74, 6) is 1.68. The summed E-state index contributed by atoms with van der Waals surface area (Å²) < 4.78 is 0. The van der Waals surface area contributed by atoms with Crippen LogP contribution < -0.4 is 5.32 Å². The molecule has 2 aliphatic rings. The Bertz CT molecular complexity index is 300. The number of carbonyl (C=O) groups is 1. The summed E-state index contributed by atoms with van der Waals surface area (Å²) in [5, 5.41) is 3.46. The maximum atomic E-state index is 12.6. The van der Waals surface area contributed by atoms with E-state index in [0.29, 0.717) is 24.2 Å². The zero-order valence-corrected chi connectivity index (χ0v) is 12.9. The largest absolute Gasteiger partial charge is 0.342 e. The fraction of sp³-hybridized carbons (Fsp3) is 0.938. The first-order chi connectivity index (χ1) is 9.04. The minimum atomic E-state index is 0.0826. The number of hydrogen-bond acceptors (Lipinski definition) is 2. The van der Waals surface area contributed by atoms with E-state index < -0.39 is 0 Å². The van der Waals surface area contributed by atoms with Gasteiger partial charge in [0.25, 0.3) is 0 Å². The number of likely N-dealkylation sites (tertiary alicyclic amines) is 1. The standard InChI is InChI=1S/C16H30N2O/c1-13-9-14(2)12-18(11-13)15(19)10-16(17-3)7-5-4-6-8-16/h13-14,17H,4-12H2,1-3H3. The Kier molecular flexibility index (Phi) is 4.88.